The molecular weight excluding hydrogens is 390 g/mol. The molecule has 1 fully saturated rings. The Bertz CT molecular complexity index is 1180. The maximum absolute atomic E-state index is 13.5. The molecule has 148 valence electrons. The fraction of sp³-hybridized carbons (Fsp3) is 0.304. The van der Waals surface area contributed by atoms with Crippen LogP contribution in [0.1, 0.15) is 46.1 Å². The minimum atomic E-state index is -0.540. The number of hydrogen-bond acceptors (Lipinski definition) is 4. The van der Waals surface area contributed by atoms with Crippen LogP contribution in [-0.2, 0) is 4.74 Å². The van der Waals surface area contributed by atoms with E-state index in [9.17, 15) is 9.59 Å². The summed E-state index contributed by atoms with van der Waals surface area (Å²) in [6, 6.07) is 12.2. The van der Waals surface area contributed by atoms with Crippen LogP contribution >= 0.6 is 11.6 Å². The predicted octanol–water partition coefficient (Wildman–Crippen LogP) is 4.48. The van der Waals surface area contributed by atoms with Gasteiger partial charge in [0, 0.05) is 18.2 Å². The first-order valence-corrected chi connectivity index (χ1v) is 10.2. The van der Waals surface area contributed by atoms with E-state index in [1.165, 1.54) is 0 Å². The molecule has 0 bridgehead atoms. The molecule has 3 aromatic rings. The van der Waals surface area contributed by atoms with E-state index < -0.39 is 6.04 Å². The van der Waals surface area contributed by atoms with E-state index in [0.29, 0.717) is 34.7 Å². The highest BCUT2D eigenvalue weighted by Gasteiger charge is 2.43. The number of aryl methyl sites for hydroxylation is 1. The summed E-state index contributed by atoms with van der Waals surface area (Å²) in [7, 11) is 0. The van der Waals surface area contributed by atoms with Gasteiger partial charge in [-0.3, -0.25) is 9.59 Å². The molecule has 2 aliphatic rings. The van der Waals surface area contributed by atoms with E-state index in [0.717, 1.165) is 24.0 Å². The van der Waals surface area contributed by atoms with Crippen molar-refractivity contribution in [2.45, 2.75) is 31.9 Å². The minimum Gasteiger partial charge on any atom is -0.450 e. The van der Waals surface area contributed by atoms with Crippen molar-refractivity contribution in [2.24, 2.45) is 0 Å². The van der Waals surface area contributed by atoms with Crippen molar-refractivity contribution in [3.63, 3.8) is 0 Å². The van der Waals surface area contributed by atoms with E-state index >= 15 is 0 Å². The van der Waals surface area contributed by atoms with Gasteiger partial charge in [-0.15, -0.1) is 0 Å². The van der Waals surface area contributed by atoms with Gasteiger partial charge < -0.3 is 14.1 Å². The molecule has 0 N–H and O–H groups in total. The van der Waals surface area contributed by atoms with Gasteiger partial charge in [-0.1, -0.05) is 35.4 Å². The van der Waals surface area contributed by atoms with Crippen molar-refractivity contribution in [3.05, 3.63) is 80.2 Å². The average molecular weight is 410 g/mol. The number of fused-ring (bicyclic) bond motifs is 2. The number of amides is 1. The molecule has 2 atom stereocenters. The van der Waals surface area contributed by atoms with E-state index in [2.05, 4.69) is 0 Å². The highest BCUT2D eigenvalue weighted by Crippen LogP contribution is 2.39. The number of halogens is 1. The highest BCUT2D eigenvalue weighted by atomic mass is 35.5. The summed E-state index contributed by atoms with van der Waals surface area (Å²) < 4.78 is 11.7. The maximum atomic E-state index is 13.5. The zero-order valence-electron chi connectivity index (χ0n) is 16.0. The lowest BCUT2D eigenvalue weighted by Crippen LogP contribution is -2.36. The number of carbonyl (C=O) groups excluding carboxylic acids is 1. The summed E-state index contributed by atoms with van der Waals surface area (Å²) in [5, 5.41) is 1.05. The number of benzene rings is 2. The van der Waals surface area contributed by atoms with Gasteiger partial charge in [0.05, 0.1) is 23.1 Å². The normalized spacial score (nSPS) is 21.2. The van der Waals surface area contributed by atoms with Crippen molar-refractivity contribution in [1.82, 2.24) is 4.90 Å². The lowest BCUT2D eigenvalue weighted by molar-refractivity contribution is 0.0486. The average Bonchev–Trinajstić information content (AvgIpc) is 3.31. The topological polar surface area (TPSA) is 59.8 Å². The molecule has 29 heavy (non-hydrogen) atoms. The standard InChI is InChI=1S/C23H20ClNO4/c1-13-7-8-18-17(10-13)21(26)19-20(14-4-2-5-15(24)11-14)25(23(27)22(19)29-18)12-16-6-3-9-28-16/h2,4-5,7-8,10-11,16,20H,3,6,9,12H2,1H3. The van der Waals surface area contributed by atoms with Gasteiger partial charge in [0.15, 0.2) is 5.43 Å². The maximum Gasteiger partial charge on any atom is 0.291 e. The molecule has 2 unspecified atom stereocenters. The third kappa shape index (κ3) is 3.05. The van der Waals surface area contributed by atoms with E-state index in [1.807, 2.05) is 31.2 Å². The molecule has 5 nitrogen and oxygen atoms in total. The van der Waals surface area contributed by atoms with Crippen LogP contribution in [0.4, 0.5) is 0 Å². The van der Waals surface area contributed by atoms with Gasteiger partial charge >= 0.3 is 0 Å². The molecule has 6 heteroatoms. The first-order valence-electron chi connectivity index (χ1n) is 9.78. The fourth-order valence-electron chi connectivity index (χ4n) is 4.35. The van der Waals surface area contributed by atoms with Crippen LogP contribution in [0.25, 0.3) is 11.0 Å². The van der Waals surface area contributed by atoms with E-state index in [-0.39, 0.29) is 23.2 Å². The summed E-state index contributed by atoms with van der Waals surface area (Å²) in [4.78, 5) is 28.5. The number of hydrogen-bond donors (Lipinski definition) is 0. The third-order valence-electron chi connectivity index (χ3n) is 5.71. The van der Waals surface area contributed by atoms with Crippen molar-refractivity contribution >= 4 is 28.5 Å². The zero-order chi connectivity index (χ0) is 20.1. The van der Waals surface area contributed by atoms with Gasteiger partial charge in [0.2, 0.25) is 5.76 Å². The van der Waals surface area contributed by atoms with Crippen molar-refractivity contribution in [1.29, 1.82) is 0 Å². The Morgan fingerprint density at radius 1 is 1.17 bits per heavy atom. The van der Waals surface area contributed by atoms with Crippen LogP contribution in [0.15, 0.2) is 51.7 Å². The second-order valence-electron chi connectivity index (χ2n) is 7.72. The Kier molecular flexibility index (Phi) is 4.45. The summed E-state index contributed by atoms with van der Waals surface area (Å²) in [6.07, 6.45) is 1.83. The molecule has 1 saturated heterocycles. The number of ether oxygens (including phenoxy) is 1. The molecule has 0 saturated carbocycles. The third-order valence-corrected chi connectivity index (χ3v) is 5.95. The lowest BCUT2D eigenvalue weighted by Gasteiger charge is -2.27. The highest BCUT2D eigenvalue weighted by molar-refractivity contribution is 6.30. The quantitative estimate of drug-likeness (QED) is 0.640. The SMILES string of the molecule is Cc1ccc2oc3c(c(=O)c2c1)C(c1cccc(Cl)c1)N(CC1CCCO1)C3=O. The van der Waals surface area contributed by atoms with Gasteiger partial charge in [-0.25, -0.2) is 0 Å². The smallest absolute Gasteiger partial charge is 0.291 e. The zero-order valence-corrected chi connectivity index (χ0v) is 16.7. The number of rotatable bonds is 3. The molecule has 2 aliphatic heterocycles. The second kappa shape index (κ2) is 7.01. The first kappa shape index (κ1) is 18.4. The minimum absolute atomic E-state index is 0.0401. The Hall–Kier alpha value is -2.63. The summed E-state index contributed by atoms with van der Waals surface area (Å²) >= 11 is 6.23. The van der Waals surface area contributed by atoms with E-state index in [1.54, 1.807) is 23.1 Å². The van der Waals surface area contributed by atoms with E-state index in [4.69, 9.17) is 20.8 Å². The molecule has 5 rings (SSSR count). The van der Waals surface area contributed by atoms with Crippen LogP contribution in [0.3, 0.4) is 0 Å². The second-order valence-corrected chi connectivity index (χ2v) is 8.16. The Labute approximate surface area is 172 Å². The first-order chi connectivity index (χ1) is 14.0. The van der Waals surface area contributed by atoms with Gasteiger partial charge in [-0.05, 0) is 49.6 Å². The van der Waals surface area contributed by atoms with Gasteiger partial charge in [0.1, 0.15) is 5.58 Å². The van der Waals surface area contributed by atoms with Crippen LogP contribution in [0.2, 0.25) is 5.02 Å². The predicted molar refractivity (Wildman–Crippen MR) is 111 cm³/mol. The van der Waals surface area contributed by atoms with Gasteiger partial charge in [0.25, 0.3) is 5.91 Å². The van der Waals surface area contributed by atoms with Crippen LogP contribution in [0, 0.1) is 6.92 Å². The van der Waals surface area contributed by atoms with Crippen molar-refractivity contribution < 1.29 is 13.9 Å². The largest absolute Gasteiger partial charge is 0.450 e. The molecule has 1 aromatic heterocycles. The molecule has 1 amide bonds. The molecule has 0 radical (unpaired) electrons. The lowest BCUT2D eigenvalue weighted by atomic mass is 9.98. The Morgan fingerprint density at radius 2 is 2.03 bits per heavy atom. The van der Waals surface area contributed by atoms with Crippen LogP contribution in [0.5, 0.6) is 0 Å². The molecule has 0 aliphatic carbocycles. The molecule has 3 heterocycles. The number of nitrogens with zero attached hydrogens (tertiary/aromatic N) is 1. The summed E-state index contributed by atoms with van der Waals surface area (Å²) in [5.74, 6) is -0.158. The molecule has 2 aromatic carbocycles. The molecule has 0 spiro atoms. The van der Waals surface area contributed by atoms with Crippen molar-refractivity contribution in [2.75, 3.05) is 13.2 Å². The summed E-state index contributed by atoms with van der Waals surface area (Å²) in [6.45, 7) is 3.03. The van der Waals surface area contributed by atoms with Gasteiger partial charge in [-0.2, -0.15) is 0 Å². The van der Waals surface area contributed by atoms with Crippen LogP contribution < -0.4 is 5.43 Å². The van der Waals surface area contributed by atoms with Crippen LogP contribution in [-0.4, -0.2) is 30.1 Å². The monoisotopic (exact) mass is 409 g/mol. The summed E-state index contributed by atoms with van der Waals surface area (Å²) in [5.41, 5.74) is 2.40. The molecular formula is C23H20ClNO4. The Morgan fingerprint density at radius 3 is 2.79 bits per heavy atom. The fourth-order valence-corrected chi connectivity index (χ4v) is 4.55. The van der Waals surface area contributed by atoms with Crippen molar-refractivity contribution in [3.8, 4) is 0 Å². The number of carbonyl (C=O) groups is 1. The Balaban J connectivity index is 1.72.